The van der Waals surface area contributed by atoms with Gasteiger partial charge >= 0.3 is 0 Å². The van der Waals surface area contributed by atoms with Crippen molar-refractivity contribution in [2.75, 3.05) is 14.2 Å². The van der Waals surface area contributed by atoms with E-state index in [9.17, 15) is 4.79 Å². The van der Waals surface area contributed by atoms with Crippen molar-refractivity contribution in [2.45, 2.75) is 0 Å². The van der Waals surface area contributed by atoms with E-state index < -0.39 is 0 Å². The first-order valence-corrected chi connectivity index (χ1v) is 7.58. The molecule has 2 aliphatic rings. The minimum atomic E-state index is -0.0698. The van der Waals surface area contributed by atoms with Gasteiger partial charge in [0.05, 0.1) is 25.2 Å². The monoisotopic (exact) mass is 320 g/mol. The summed E-state index contributed by atoms with van der Waals surface area (Å²) in [6.07, 6.45) is 1.98. The molecule has 0 radical (unpaired) electrons. The molecule has 5 heteroatoms. The van der Waals surface area contributed by atoms with Crippen molar-refractivity contribution in [1.29, 1.82) is 0 Å². The maximum atomic E-state index is 13.2. The molecule has 2 heterocycles. The van der Waals surface area contributed by atoms with Gasteiger partial charge in [-0.05, 0) is 16.8 Å². The zero-order valence-corrected chi connectivity index (χ0v) is 13.7. The molecular formula is C19H16N2O3. The Labute approximate surface area is 138 Å². The number of methoxy groups -OCH3 is 2. The Balaban J connectivity index is 2.29. The molecule has 5 nitrogen and oxygen atoms in total. The Morgan fingerprint density at radius 3 is 2.58 bits per heavy atom. The van der Waals surface area contributed by atoms with E-state index in [4.69, 9.17) is 14.5 Å². The Morgan fingerprint density at radius 2 is 1.83 bits per heavy atom. The molecule has 2 aromatic rings. The van der Waals surface area contributed by atoms with E-state index in [0.717, 1.165) is 10.8 Å². The van der Waals surface area contributed by atoms with E-state index >= 15 is 0 Å². The van der Waals surface area contributed by atoms with Crippen LogP contribution >= 0.6 is 0 Å². The Morgan fingerprint density at radius 1 is 1.04 bits per heavy atom. The van der Waals surface area contributed by atoms with Crippen LogP contribution in [0, 0.1) is 0 Å². The van der Waals surface area contributed by atoms with Crippen LogP contribution in [-0.4, -0.2) is 23.8 Å². The van der Waals surface area contributed by atoms with Crippen LogP contribution in [0.5, 0.6) is 11.5 Å². The van der Waals surface area contributed by atoms with Gasteiger partial charge in [0.2, 0.25) is 0 Å². The van der Waals surface area contributed by atoms with Gasteiger partial charge in [0.15, 0.2) is 5.43 Å². The maximum Gasteiger partial charge on any atom is 0.199 e. The predicted octanol–water partition coefficient (Wildman–Crippen LogP) is 3.21. The molecule has 0 bridgehead atoms. The fourth-order valence-corrected chi connectivity index (χ4v) is 3.15. The summed E-state index contributed by atoms with van der Waals surface area (Å²) in [5.74, 6) is 1.73. The topological polar surface area (TPSA) is 53.4 Å². The maximum absolute atomic E-state index is 13.2. The number of pyridine rings is 2. The first-order chi connectivity index (χ1) is 11.6. The van der Waals surface area contributed by atoms with Gasteiger partial charge in [-0.25, -0.2) is 4.98 Å². The van der Waals surface area contributed by atoms with Gasteiger partial charge in [-0.15, -0.1) is 0 Å². The Hall–Kier alpha value is -3.08. The van der Waals surface area contributed by atoms with E-state index in [1.807, 2.05) is 42.1 Å². The molecule has 0 fully saturated rings. The number of ether oxygens (including phenoxy) is 2. The van der Waals surface area contributed by atoms with Crippen molar-refractivity contribution in [1.82, 2.24) is 9.55 Å². The molecule has 0 atom stereocenters. The molecule has 0 aromatic heterocycles. The number of nitrogens with zero attached hydrogens (tertiary/aromatic N) is 2. The highest BCUT2D eigenvalue weighted by atomic mass is 16.5. The lowest BCUT2D eigenvalue weighted by molar-refractivity contribution is 0.397. The first-order valence-electron chi connectivity index (χ1n) is 7.58. The average Bonchev–Trinajstić information content (AvgIpc) is 2.61. The molecular weight excluding hydrogens is 304 g/mol. The van der Waals surface area contributed by atoms with Crippen LogP contribution in [0.4, 0.5) is 0 Å². The molecule has 0 spiro atoms. The number of hydrogen-bond donors (Lipinski definition) is 0. The van der Waals surface area contributed by atoms with Gasteiger partial charge < -0.3 is 14.0 Å². The highest BCUT2D eigenvalue weighted by Gasteiger charge is 2.20. The van der Waals surface area contributed by atoms with E-state index in [-0.39, 0.29) is 5.43 Å². The summed E-state index contributed by atoms with van der Waals surface area (Å²) in [5, 5.41) is 2.39. The zero-order chi connectivity index (χ0) is 16.8. The molecule has 120 valence electrons. The van der Waals surface area contributed by atoms with Crippen LogP contribution in [0.15, 0.2) is 47.4 Å². The van der Waals surface area contributed by atoms with Gasteiger partial charge in [-0.1, -0.05) is 24.3 Å². The minimum absolute atomic E-state index is 0.0698. The van der Waals surface area contributed by atoms with Crippen molar-refractivity contribution in [3.63, 3.8) is 0 Å². The summed E-state index contributed by atoms with van der Waals surface area (Å²) in [6.45, 7) is 0. The second-order valence-electron chi connectivity index (χ2n) is 5.69. The van der Waals surface area contributed by atoms with Gasteiger partial charge in [0.1, 0.15) is 22.8 Å². The summed E-state index contributed by atoms with van der Waals surface area (Å²) >= 11 is 0. The fraction of sp³-hybridized carbons (Fsp3) is 0.158. The van der Waals surface area contributed by atoms with Crippen LogP contribution in [0.2, 0.25) is 0 Å². The number of aryl methyl sites for hydroxylation is 1. The molecule has 2 aliphatic heterocycles. The minimum Gasteiger partial charge on any atom is -0.497 e. The molecule has 0 unspecified atom stereocenters. The molecule has 2 aromatic carbocycles. The molecule has 0 saturated heterocycles. The first kappa shape index (κ1) is 14.5. The third kappa shape index (κ3) is 1.94. The summed E-state index contributed by atoms with van der Waals surface area (Å²) in [5.41, 5.74) is 1.08. The molecule has 0 saturated carbocycles. The summed E-state index contributed by atoms with van der Waals surface area (Å²) in [7, 11) is 5.02. The molecule has 24 heavy (non-hydrogen) atoms. The van der Waals surface area contributed by atoms with E-state index in [2.05, 4.69) is 0 Å². The highest BCUT2D eigenvalue weighted by Crippen LogP contribution is 2.33. The van der Waals surface area contributed by atoms with Crippen LogP contribution in [0.3, 0.4) is 0 Å². The second kappa shape index (κ2) is 5.23. The third-order valence-electron chi connectivity index (χ3n) is 4.31. The van der Waals surface area contributed by atoms with Crippen molar-refractivity contribution in [3.8, 4) is 22.9 Å². The Kier molecular flexibility index (Phi) is 3.16. The van der Waals surface area contributed by atoms with Crippen molar-refractivity contribution >= 4 is 21.7 Å². The lowest BCUT2D eigenvalue weighted by Gasteiger charge is -2.16. The Bertz CT molecular complexity index is 1110. The van der Waals surface area contributed by atoms with Crippen LogP contribution in [-0.2, 0) is 7.05 Å². The molecule has 0 N–H and O–H groups in total. The number of rotatable bonds is 2. The van der Waals surface area contributed by atoms with E-state index in [1.165, 1.54) is 0 Å². The second-order valence-corrected chi connectivity index (χ2v) is 5.69. The number of hydrogen-bond acceptors (Lipinski definition) is 4. The molecule has 4 rings (SSSR count). The highest BCUT2D eigenvalue weighted by molar-refractivity contribution is 6.00. The van der Waals surface area contributed by atoms with E-state index in [0.29, 0.717) is 33.8 Å². The van der Waals surface area contributed by atoms with Crippen LogP contribution < -0.4 is 14.9 Å². The van der Waals surface area contributed by atoms with Crippen molar-refractivity contribution < 1.29 is 9.47 Å². The smallest absolute Gasteiger partial charge is 0.199 e. The van der Waals surface area contributed by atoms with Crippen molar-refractivity contribution in [3.05, 3.63) is 52.8 Å². The number of aromatic nitrogens is 2. The van der Waals surface area contributed by atoms with E-state index in [1.54, 1.807) is 26.4 Å². The predicted molar refractivity (Wildman–Crippen MR) is 94.2 cm³/mol. The van der Waals surface area contributed by atoms with Crippen LogP contribution in [0.25, 0.3) is 33.1 Å². The standard InChI is InChI=1S/C19H16N2O3/c1-21-10-11-6-4-5-7-13(11)16-18(22)14-8-12(23-2)9-15(24-3)17(14)20-19(16)21/h4-10H,1-3H3. The normalized spacial score (nSPS) is 11.3. The zero-order valence-electron chi connectivity index (χ0n) is 13.7. The summed E-state index contributed by atoms with van der Waals surface area (Å²) in [6, 6.07) is 11.3. The molecule has 0 amide bonds. The summed E-state index contributed by atoms with van der Waals surface area (Å²) < 4.78 is 12.6. The quantitative estimate of drug-likeness (QED) is 0.420. The van der Waals surface area contributed by atoms with Gasteiger partial charge in [0, 0.05) is 19.3 Å². The summed E-state index contributed by atoms with van der Waals surface area (Å²) in [4.78, 5) is 17.9. The van der Waals surface area contributed by atoms with Gasteiger partial charge in [0.25, 0.3) is 0 Å². The number of fused-ring (bicyclic) bond motifs is 4. The van der Waals surface area contributed by atoms with Crippen molar-refractivity contribution in [2.24, 2.45) is 7.05 Å². The van der Waals surface area contributed by atoms with Gasteiger partial charge in [-0.2, -0.15) is 0 Å². The fourth-order valence-electron chi connectivity index (χ4n) is 3.15. The lowest BCUT2D eigenvalue weighted by atomic mass is 10.0. The molecule has 0 aliphatic carbocycles. The van der Waals surface area contributed by atoms with Crippen LogP contribution in [0.1, 0.15) is 0 Å². The SMILES string of the molecule is COc1cc(OC)c2nc3n(C)cc4ccccc4c-3c(=O)c2c1. The largest absolute Gasteiger partial charge is 0.497 e. The third-order valence-corrected chi connectivity index (χ3v) is 4.31. The lowest BCUT2D eigenvalue weighted by Crippen LogP contribution is -2.14. The number of benzene rings is 2. The average molecular weight is 320 g/mol. The van der Waals surface area contributed by atoms with Gasteiger partial charge in [-0.3, -0.25) is 4.79 Å².